The molecule has 0 amide bonds. The second-order valence-electron chi connectivity index (χ2n) is 6.18. The molecule has 0 aliphatic heterocycles. The van der Waals surface area contributed by atoms with E-state index < -0.39 is 10.7 Å². The van der Waals surface area contributed by atoms with Crippen molar-refractivity contribution >= 4 is 40.5 Å². The molecule has 0 aliphatic carbocycles. The molecule has 0 radical (unpaired) electrons. The zero-order chi connectivity index (χ0) is 21.7. The predicted octanol–water partition coefficient (Wildman–Crippen LogP) is 6.68. The van der Waals surface area contributed by atoms with Crippen molar-refractivity contribution in [2.75, 3.05) is 0 Å². The Morgan fingerprint density at radius 3 is 2.47 bits per heavy atom. The first-order valence-corrected chi connectivity index (χ1v) is 9.36. The van der Waals surface area contributed by atoms with Gasteiger partial charge in [0.2, 0.25) is 0 Å². The molecule has 8 heteroatoms. The average Bonchev–Trinajstić information content (AvgIpc) is 2.72. The molecule has 3 aromatic rings. The molecule has 0 saturated heterocycles. The van der Waals surface area contributed by atoms with Crippen LogP contribution in [0, 0.1) is 27.3 Å². The van der Waals surface area contributed by atoms with Gasteiger partial charge >= 0.3 is 0 Å². The molecule has 150 valence electrons. The first-order chi connectivity index (χ1) is 14.4. The minimum atomic E-state index is -0.514. The highest BCUT2D eigenvalue weighted by molar-refractivity contribution is 6.37. The minimum Gasteiger partial charge on any atom is -0.486 e. The maximum Gasteiger partial charge on any atom is 0.269 e. The number of ether oxygens (including phenoxy) is 1. The van der Waals surface area contributed by atoms with E-state index in [9.17, 15) is 19.8 Å². The third kappa shape index (κ3) is 4.95. The van der Waals surface area contributed by atoms with Crippen molar-refractivity contribution in [2.24, 2.45) is 0 Å². The maximum atomic E-state index is 14.0. The highest BCUT2D eigenvalue weighted by Crippen LogP contribution is 2.36. The van der Waals surface area contributed by atoms with Gasteiger partial charge < -0.3 is 4.74 Å². The lowest BCUT2D eigenvalue weighted by molar-refractivity contribution is -0.384. The van der Waals surface area contributed by atoms with Crippen LogP contribution in [-0.2, 0) is 6.61 Å². The largest absolute Gasteiger partial charge is 0.486 e. The van der Waals surface area contributed by atoms with E-state index in [1.165, 1.54) is 48.5 Å². The molecule has 3 aromatic carbocycles. The highest BCUT2D eigenvalue weighted by Gasteiger charge is 2.13. The van der Waals surface area contributed by atoms with Gasteiger partial charge in [-0.3, -0.25) is 10.1 Å². The summed E-state index contributed by atoms with van der Waals surface area (Å²) in [6.45, 7) is 0.0228. The molecule has 30 heavy (non-hydrogen) atoms. The number of non-ortho nitro benzene ring substituents is 1. The van der Waals surface area contributed by atoms with Gasteiger partial charge in [-0.15, -0.1) is 0 Å². The summed E-state index contributed by atoms with van der Waals surface area (Å²) in [5.74, 6) is -0.314. The number of rotatable bonds is 6. The molecule has 3 rings (SSSR count). The van der Waals surface area contributed by atoms with Crippen molar-refractivity contribution in [3.63, 3.8) is 0 Å². The molecule has 0 bridgehead atoms. The summed E-state index contributed by atoms with van der Waals surface area (Å²) in [7, 11) is 0. The molecule has 5 nitrogen and oxygen atoms in total. The maximum absolute atomic E-state index is 14.0. The first-order valence-electron chi connectivity index (χ1n) is 8.61. The number of hydrogen-bond donors (Lipinski definition) is 0. The van der Waals surface area contributed by atoms with Crippen LogP contribution in [0.2, 0.25) is 10.0 Å². The van der Waals surface area contributed by atoms with Crippen molar-refractivity contribution in [3.8, 4) is 11.8 Å². The van der Waals surface area contributed by atoms with Crippen LogP contribution in [0.3, 0.4) is 0 Å². The van der Waals surface area contributed by atoms with Crippen molar-refractivity contribution in [1.29, 1.82) is 5.26 Å². The topological polar surface area (TPSA) is 76.2 Å². The summed E-state index contributed by atoms with van der Waals surface area (Å²) >= 11 is 12.6. The zero-order valence-corrected chi connectivity index (χ0v) is 16.8. The van der Waals surface area contributed by atoms with Crippen molar-refractivity contribution in [2.45, 2.75) is 6.61 Å². The Kier molecular flexibility index (Phi) is 6.68. The number of halogens is 3. The monoisotopic (exact) mass is 442 g/mol. The van der Waals surface area contributed by atoms with E-state index in [4.69, 9.17) is 27.9 Å². The van der Waals surface area contributed by atoms with Crippen molar-refractivity contribution < 1.29 is 14.1 Å². The molecule has 0 spiro atoms. The standard InChI is InChI=1S/C22H13Cl2FN2O3/c23-19-10-15(8-16(12-26)18-6-1-2-7-21(18)25)11-20(24)22(19)30-13-14-4-3-5-17(9-14)27(28)29/h1-11H,13H2. The van der Waals surface area contributed by atoms with E-state index in [2.05, 4.69) is 0 Å². The number of nitrogens with zero attached hydrogens (tertiary/aromatic N) is 2. The lowest BCUT2D eigenvalue weighted by Crippen LogP contribution is -1.98. The van der Waals surface area contributed by atoms with Gasteiger partial charge in [-0.1, -0.05) is 53.5 Å². The Hall–Kier alpha value is -3.40. The van der Waals surface area contributed by atoms with E-state index in [0.717, 1.165) is 0 Å². The van der Waals surface area contributed by atoms with Crippen LogP contribution in [-0.4, -0.2) is 4.92 Å². The van der Waals surface area contributed by atoms with E-state index in [-0.39, 0.29) is 39.2 Å². The summed E-state index contributed by atoms with van der Waals surface area (Å²) < 4.78 is 19.6. The molecular weight excluding hydrogens is 430 g/mol. The highest BCUT2D eigenvalue weighted by atomic mass is 35.5. The Balaban J connectivity index is 1.85. The number of benzene rings is 3. The fraction of sp³-hybridized carbons (Fsp3) is 0.0455. The Morgan fingerprint density at radius 2 is 1.83 bits per heavy atom. The van der Waals surface area contributed by atoms with Crippen LogP contribution in [0.4, 0.5) is 10.1 Å². The third-order valence-corrected chi connectivity index (χ3v) is 4.68. The summed E-state index contributed by atoms with van der Waals surface area (Å²) in [5.41, 5.74) is 1.30. The molecule has 0 saturated carbocycles. The van der Waals surface area contributed by atoms with Gasteiger partial charge in [0.1, 0.15) is 12.4 Å². The van der Waals surface area contributed by atoms with Crippen LogP contribution < -0.4 is 4.74 Å². The summed E-state index contributed by atoms with van der Waals surface area (Å²) in [4.78, 5) is 10.4. The van der Waals surface area contributed by atoms with Gasteiger partial charge in [-0.05, 0) is 35.4 Å². The number of nitriles is 1. The molecule has 0 fully saturated rings. The van der Waals surface area contributed by atoms with E-state index in [1.54, 1.807) is 18.2 Å². The number of nitro groups is 1. The fourth-order valence-electron chi connectivity index (χ4n) is 2.73. The van der Waals surface area contributed by atoms with E-state index in [1.807, 2.05) is 6.07 Å². The lowest BCUT2D eigenvalue weighted by atomic mass is 10.0. The van der Waals surface area contributed by atoms with Crippen LogP contribution >= 0.6 is 23.2 Å². The predicted molar refractivity (Wildman–Crippen MR) is 114 cm³/mol. The molecular formula is C22H13Cl2FN2O3. The first kappa shape index (κ1) is 21.3. The molecule has 0 aliphatic rings. The smallest absolute Gasteiger partial charge is 0.269 e. The summed E-state index contributed by atoms with van der Waals surface area (Å²) in [6.07, 6.45) is 1.47. The quantitative estimate of drug-likeness (QED) is 0.184. The number of nitro benzene ring substituents is 1. The molecule has 0 heterocycles. The lowest BCUT2D eigenvalue weighted by Gasteiger charge is -2.11. The number of allylic oxidation sites excluding steroid dienone is 1. The Morgan fingerprint density at radius 1 is 1.13 bits per heavy atom. The summed E-state index contributed by atoms with van der Waals surface area (Å²) in [6, 6.07) is 17.0. The second-order valence-corrected chi connectivity index (χ2v) is 6.99. The minimum absolute atomic E-state index is 0.0228. The van der Waals surface area contributed by atoms with Gasteiger partial charge in [0.05, 0.1) is 26.6 Å². The van der Waals surface area contributed by atoms with Gasteiger partial charge in [-0.25, -0.2) is 4.39 Å². The van der Waals surface area contributed by atoms with Crippen molar-refractivity contribution in [3.05, 3.63) is 103 Å². The average molecular weight is 443 g/mol. The van der Waals surface area contributed by atoms with Crippen LogP contribution in [0.15, 0.2) is 60.7 Å². The summed E-state index contributed by atoms with van der Waals surface area (Å²) in [5, 5.41) is 20.7. The Bertz CT molecular complexity index is 1170. The SMILES string of the molecule is N#CC(=Cc1cc(Cl)c(OCc2cccc([N+](=O)[O-])c2)c(Cl)c1)c1ccccc1F. The van der Waals surface area contributed by atoms with Gasteiger partial charge in [-0.2, -0.15) is 5.26 Å². The molecule has 0 aromatic heterocycles. The fourth-order valence-corrected chi connectivity index (χ4v) is 3.35. The van der Waals surface area contributed by atoms with Gasteiger partial charge in [0.25, 0.3) is 5.69 Å². The Labute approximate surface area is 181 Å². The van der Waals surface area contributed by atoms with Crippen LogP contribution in [0.25, 0.3) is 11.6 Å². The van der Waals surface area contributed by atoms with Gasteiger partial charge in [0, 0.05) is 17.7 Å². The second kappa shape index (κ2) is 9.40. The number of hydrogen-bond acceptors (Lipinski definition) is 4. The molecule has 0 atom stereocenters. The van der Waals surface area contributed by atoms with E-state index in [0.29, 0.717) is 11.1 Å². The van der Waals surface area contributed by atoms with Crippen LogP contribution in [0.1, 0.15) is 16.7 Å². The third-order valence-electron chi connectivity index (χ3n) is 4.12. The van der Waals surface area contributed by atoms with E-state index >= 15 is 0 Å². The van der Waals surface area contributed by atoms with Crippen molar-refractivity contribution in [1.82, 2.24) is 0 Å². The molecule has 0 N–H and O–H groups in total. The van der Waals surface area contributed by atoms with Crippen LogP contribution in [0.5, 0.6) is 5.75 Å². The van der Waals surface area contributed by atoms with Gasteiger partial charge in [0.15, 0.2) is 5.75 Å². The zero-order valence-electron chi connectivity index (χ0n) is 15.3. The normalized spacial score (nSPS) is 11.1. The molecule has 0 unspecified atom stereocenters.